The highest BCUT2D eigenvalue weighted by Crippen LogP contribution is 2.52. The lowest BCUT2D eigenvalue weighted by Gasteiger charge is -2.29. The van der Waals surface area contributed by atoms with E-state index in [9.17, 15) is 0 Å². The maximum atomic E-state index is 6.53. The van der Waals surface area contributed by atoms with E-state index in [1.807, 2.05) is 36.4 Å². The molecule has 40 heavy (non-hydrogen) atoms. The molecule has 8 aromatic rings. The number of para-hydroxylation sites is 3. The normalized spacial score (nSPS) is 12.3. The van der Waals surface area contributed by atoms with Crippen LogP contribution in [-0.2, 0) is 0 Å². The molecular weight excluding hydrogens is 514 g/mol. The van der Waals surface area contributed by atoms with Crippen molar-refractivity contribution in [3.8, 4) is 11.5 Å². The van der Waals surface area contributed by atoms with Crippen LogP contribution in [0.3, 0.4) is 0 Å². The van der Waals surface area contributed by atoms with Gasteiger partial charge in [0.2, 0.25) is 0 Å². The summed E-state index contributed by atoms with van der Waals surface area (Å²) in [7, 11) is 0. The summed E-state index contributed by atoms with van der Waals surface area (Å²) in [5, 5.41) is 9.60. The van der Waals surface area contributed by atoms with E-state index in [1.54, 1.807) is 0 Å². The van der Waals surface area contributed by atoms with Gasteiger partial charge in [0.1, 0.15) is 17.1 Å². The first-order chi connectivity index (χ1) is 19.7. The minimum Gasteiger partial charge on any atom is -0.456 e. The second-order valence-corrected chi connectivity index (χ2v) is 10.7. The van der Waals surface area contributed by atoms with Crippen LogP contribution in [-0.4, -0.2) is 0 Å². The molecule has 0 fully saturated rings. The van der Waals surface area contributed by atoms with Crippen LogP contribution in [0.15, 0.2) is 126 Å². The third-order valence-corrected chi connectivity index (χ3v) is 8.24. The second kappa shape index (κ2) is 8.01. The van der Waals surface area contributed by atoms with E-state index in [0.29, 0.717) is 5.02 Å². The van der Waals surface area contributed by atoms with E-state index in [4.69, 9.17) is 20.8 Å². The molecule has 2 heterocycles. The number of halogens is 1. The standard InChI is InChI=1S/C36H20ClNO2/c37-23-18-21-16-17-22-19-29(27-12-7-15-31-35(27)34(22)33(21)32(20-23)39-31)38(24-8-2-1-3-9-24)28-13-6-11-26-25-10-4-5-14-30(25)40-36(26)28/h1-20H. The van der Waals surface area contributed by atoms with Crippen LogP contribution in [0.1, 0.15) is 0 Å². The zero-order valence-corrected chi connectivity index (χ0v) is 21.9. The van der Waals surface area contributed by atoms with Gasteiger partial charge in [0.05, 0.1) is 11.4 Å². The molecular formula is C36H20ClNO2. The number of nitrogens with zero attached hydrogens (tertiary/aromatic N) is 1. The van der Waals surface area contributed by atoms with Crippen molar-refractivity contribution < 1.29 is 9.15 Å². The third kappa shape index (κ3) is 2.95. The Balaban J connectivity index is 1.43. The van der Waals surface area contributed by atoms with Crippen molar-refractivity contribution in [3.63, 3.8) is 0 Å². The van der Waals surface area contributed by atoms with Crippen molar-refractivity contribution in [2.75, 3.05) is 4.90 Å². The molecule has 0 saturated carbocycles. The average Bonchev–Trinajstić information content (AvgIpc) is 3.37. The lowest BCUT2D eigenvalue weighted by atomic mass is 9.92. The Labute approximate surface area is 234 Å². The van der Waals surface area contributed by atoms with Crippen LogP contribution in [0, 0.1) is 0 Å². The van der Waals surface area contributed by atoms with Crippen molar-refractivity contribution in [2.24, 2.45) is 0 Å². The van der Waals surface area contributed by atoms with E-state index in [2.05, 4.69) is 89.8 Å². The van der Waals surface area contributed by atoms with Crippen molar-refractivity contribution in [1.29, 1.82) is 0 Å². The number of fused-ring (bicyclic) bond motifs is 3. The Hall–Kier alpha value is -4.99. The molecule has 188 valence electrons. The predicted octanol–water partition coefficient (Wildman–Crippen LogP) is 11.3. The summed E-state index contributed by atoms with van der Waals surface area (Å²) in [6.45, 7) is 0. The second-order valence-electron chi connectivity index (χ2n) is 10.3. The molecule has 0 bridgehead atoms. The van der Waals surface area contributed by atoms with Crippen LogP contribution in [0.5, 0.6) is 11.5 Å². The predicted molar refractivity (Wildman–Crippen MR) is 166 cm³/mol. The summed E-state index contributed by atoms with van der Waals surface area (Å²) in [5.41, 5.74) is 4.83. The van der Waals surface area contributed by atoms with E-state index in [1.165, 1.54) is 5.39 Å². The number of rotatable bonds is 3. The molecule has 1 aliphatic heterocycles. The highest BCUT2D eigenvalue weighted by Gasteiger charge is 2.26. The molecule has 1 aliphatic rings. The number of benzene rings is 7. The fourth-order valence-electron chi connectivity index (χ4n) is 6.39. The summed E-state index contributed by atoms with van der Waals surface area (Å²) >= 11 is 6.46. The van der Waals surface area contributed by atoms with Crippen LogP contribution < -0.4 is 9.64 Å². The van der Waals surface area contributed by atoms with E-state index in [0.717, 1.165) is 77.4 Å². The topological polar surface area (TPSA) is 25.6 Å². The molecule has 3 nitrogen and oxygen atoms in total. The number of ether oxygens (including phenoxy) is 1. The van der Waals surface area contributed by atoms with E-state index < -0.39 is 0 Å². The number of anilines is 3. The van der Waals surface area contributed by atoms with Gasteiger partial charge in [-0.25, -0.2) is 0 Å². The number of hydrogen-bond donors (Lipinski definition) is 0. The first kappa shape index (κ1) is 21.9. The van der Waals surface area contributed by atoms with Gasteiger partial charge in [0, 0.05) is 49.1 Å². The third-order valence-electron chi connectivity index (χ3n) is 8.02. The first-order valence-corrected chi connectivity index (χ1v) is 13.7. The zero-order valence-electron chi connectivity index (χ0n) is 21.2. The largest absolute Gasteiger partial charge is 0.456 e. The summed E-state index contributed by atoms with van der Waals surface area (Å²) < 4.78 is 13.0. The quantitative estimate of drug-likeness (QED) is 0.211. The van der Waals surface area contributed by atoms with E-state index >= 15 is 0 Å². The minimum atomic E-state index is 0.670. The van der Waals surface area contributed by atoms with Gasteiger partial charge in [-0.1, -0.05) is 84.4 Å². The number of furan rings is 1. The molecule has 0 saturated heterocycles. The zero-order chi connectivity index (χ0) is 26.4. The lowest BCUT2D eigenvalue weighted by Crippen LogP contribution is -2.11. The maximum absolute atomic E-state index is 6.53. The minimum absolute atomic E-state index is 0.670. The summed E-state index contributed by atoms with van der Waals surface area (Å²) in [6.07, 6.45) is 0. The van der Waals surface area contributed by atoms with Gasteiger partial charge < -0.3 is 14.1 Å². The fraction of sp³-hybridized carbons (Fsp3) is 0. The molecule has 0 N–H and O–H groups in total. The van der Waals surface area contributed by atoms with Gasteiger partial charge >= 0.3 is 0 Å². The molecule has 0 unspecified atom stereocenters. The van der Waals surface area contributed by atoms with E-state index in [-0.39, 0.29) is 0 Å². The van der Waals surface area contributed by atoms with Gasteiger partial charge in [-0.3, -0.25) is 0 Å². The smallest absolute Gasteiger partial charge is 0.159 e. The van der Waals surface area contributed by atoms with Crippen LogP contribution in [0.2, 0.25) is 5.02 Å². The lowest BCUT2D eigenvalue weighted by molar-refractivity contribution is 0.493. The molecule has 0 atom stereocenters. The summed E-state index contributed by atoms with van der Waals surface area (Å²) in [4.78, 5) is 2.31. The molecule has 0 amide bonds. The Morgan fingerprint density at radius 2 is 1.27 bits per heavy atom. The highest BCUT2D eigenvalue weighted by atomic mass is 35.5. The summed E-state index contributed by atoms with van der Waals surface area (Å²) in [6, 6.07) is 41.9. The van der Waals surface area contributed by atoms with Crippen LogP contribution in [0.25, 0.3) is 54.3 Å². The average molecular weight is 534 g/mol. The molecule has 4 heteroatoms. The Bertz CT molecular complexity index is 2320. The molecule has 0 radical (unpaired) electrons. The molecule has 0 aliphatic carbocycles. The van der Waals surface area contributed by atoms with Gasteiger partial charge in [-0.15, -0.1) is 0 Å². The summed E-state index contributed by atoms with van der Waals surface area (Å²) in [5.74, 6) is 1.63. The molecule has 1 aromatic heterocycles. The van der Waals surface area contributed by atoms with Crippen molar-refractivity contribution >= 4 is 82.9 Å². The maximum Gasteiger partial charge on any atom is 0.159 e. The highest BCUT2D eigenvalue weighted by molar-refractivity contribution is 6.34. The Morgan fingerprint density at radius 3 is 2.17 bits per heavy atom. The van der Waals surface area contributed by atoms with Gasteiger partial charge in [0.25, 0.3) is 0 Å². The van der Waals surface area contributed by atoms with Crippen LogP contribution >= 0.6 is 11.6 Å². The van der Waals surface area contributed by atoms with Crippen LogP contribution in [0.4, 0.5) is 17.1 Å². The molecule has 7 aromatic carbocycles. The number of hydrogen-bond acceptors (Lipinski definition) is 3. The first-order valence-electron chi connectivity index (χ1n) is 13.3. The van der Waals surface area contributed by atoms with Gasteiger partial charge in [-0.2, -0.15) is 0 Å². The van der Waals surface area contributed by atoms with Gasteiger partial charge in [-0.05, 0) is 53.2 Å². The monoisotopic (exact) mass is 533 g/mol. The fourth-order valence-corrected chi connectivity index (χ4v) is 6.60. The van der Waals surface area contributed by atoms with Gasteiger partial charge in [0.15, 0.2) is 5.58 Å². The molecule has 9 rings (SSSR count). The van der Waals surface area contributed by atoms with Crippen molar-refractivity contribution in [2.45, 2.75) is 0 Å². The van der Waals surface area contributed by atoms with Crippen molar-refractivity contribution in [3.05, 3.63) is 126 Å². The van der Waals surface area contributed by atoms with Crippen molar-refractivity contribution in [1.82, 2.24) is 0 Å². The SMILES string of the molecule is Clc1cc2c3c(ccc4cc(N(c5ccccc5)c5cccc6c5oc5ccccc56)c5cccc(c5c43)O2)c1. The molecule has 0 spiro atoms. The Kier molecular flexibility index (Phi) is 4.38. The Morgan fingerprint density at radius 1 is 0.525 bits per heavy atom.